The summed E-state index contributed by atoms with van der Waals surface area (Å²) in [7, 11) is 0. The van der Waals surface area contributed by atoms with Gasteiger partial charge in [-0.05, 0) is 6.92 Å². The highest BCUT2D eigenvalue weighted by molar-refractivity contribution is 5.95. The number of aryl methyl sites for hydroxylation is 1. The molecule has 2 rings (SSSR count). The van der Waals surface area contributed by atoms with Gasteiger partial charge in [0, 0.05) is 18.8 Å². The van der Waals surface area contributed by atoms with Gasteiger partial charge < -0.3 is 14.7 Å². The number of rotatable bonds is 3. The van der Waals surface area contributed by atoms with Crippen molar-refractivity contribution >= 4 is 11.9 Å². The van der Waals surface area contributed by atoms with Crippen molar-refractivity contribution in [3.05, 3.63) is 17.5 Å². The number of aromatic nitrogens is 2. The Bertz CT molecular complexity index is 457. The van der Waals surface area contributed by atoms with E-state index in [9.17, 15) is 9.59 Å². The van der Waals surface area contributed by atoms with Crippen LogP contribution in [0.3, 0.4) is 0 Å². The first kappa shape index (κ1) is 12.6. The zero-order valence-electron chi connectivity index (χ0n) is 10.0. The molecule has 1 atom stereocenters. The van der Waals surface area contributed by atoms with Gasteiger partial charge in [-0.25, -0.2) is 0 Å². The third kappa shape index (κ3) is 2.67. The number of nitrogens with one attached hydrogen (secondary N) is 1. The predicted octanol–water partition coefficient (Wildman–Crippen LogP) is 0.0338. The minimum absolute atomic E-state index is 0.0891. The number of carboxylic acids is 1. The molecule has 1 aromatic rings. The van der Waals surface area contributed by atoms with Crippen molar-refractivity contribution in [2.45, 2.75) is 19.4 Å². The predicted molar refractivity (Wildman–Crippen MR) is 61.2 cm³/mol. The minimum atomic E-state index is -0.922. The topological polar surface area (TPSA) is 95.5 Å². The first-order valence-corrected chi connectivity index (χ1v) is 5.70. The molecule has 98 valence electrons. The fraction of sp³-hybridized carbons (Fsp3) is 0.545. The van der Waals surface area contributed by atoms with Crippen LogP contribution >= 0.6 is 0 Å². The minimum Gasteiger partial charge on any atom is -0.481 e. The molecule has 7 heteroatoms. The van der Waals surface area contributed by atoms with E-state index in [2.05, 4.69) is 10.2 Å². The van der Waals surface area contributed by atoms with E-state index in [-0.39, 0.29) is 12.3 Å². The summed E-state index contributed by atoms with van der Waals surface area (Å²) in [6.45, 7) is 2.91. The Balaban J connectivity index is 2.03. The smallest absolute Gasteiger partial charge is 0.306 e. The molecule has 0 bridgehead atoms. The summed E-state index contributed by atoms with van der Waals surface area (Å²) in [5.41, 5.74) is 1.23. The lowest BCUT2D eigenvalue weighted by Gasteiger charge is -2.32. The van der Waals surface area contributed by atoms with E-state index in [0.29, 0.717) is 31.0 Å². The lowest BCUT2D eigenvalue weighted by molar-refractivity contribution is -0.141. The second-order valence-electron chi connectivity index (χ2n) is 4.25. The quantitative estimate of drug-likeness (QED) is 0.792. The van der Waals surface area contributed by atoms with Crippen molar-refractivity contribution in [3.63, 3.8) is 0 Å². The van der Waals surface area contributed by atoms with Crippen molar-refractivity contribution in [1.29, 1.82) is 0 Å². The van der Waals surface area contributed by atoms with Crippen LogP contribution in [-0.4, -0.2) is 57.9 Å². The van der Waals surface area contributed by atoms with Gasteiger partial charge in [0.1, 0.15) is 0 Å². The number of aliphatic carboxylic acids is 1. The molecule has 2 N–H and O–H groups in total. The van der Waals surface area contributed by atoms with Gasteiger partial charge >= 0.3 is 5.97 Å². The van der Waals surface area contributed by atoms with Gasteiger partial charge in [0.15, 0.2) is 0 Å². The highest BCUT2D eigenvalue weighted by atomic mass is 16.5. The van der Waals surface area contributed by atoms with Gasteiger partial charge in [-0.2, -0.15) is 5.10 Å². The molecule has 7 nitrogen and oxygen atoms in total. The van der Waals surface area contributed by atoms with E-state index in [0.717, 1.165) is 0 Å². The number of hydrogen-bond donors (Lipinski definition) is 2. The monoisotopic (exact) mass is 253 g/mol. The molecule has 0 saturated carbocycles. The van der Waals surface area contributed by atoms with Crippen molar-refractivity contribution < 1.29 is 19.4 Å². The average molecular weight is 253 g/mol. The number of H-pyrrole nitrogens is 1. The molecular weight excluding hydrogens is 238 g/mol. The van der Waals surface area contributed by atoms with Crippen LogP contribution < -0.4 is 0 Å². The van der Waals surface area contributed by atoms with E-state index >= 15 is 0 Å². The molecule has 1 aliphatic rings. The molecular formula is C11H15N3O4. The molecule has 0 aromatic carbocycles. The Kier molecular flexibility index (Phi) is 3.61. The Morgan fingerprint density at radius 3 is 3.06 bits per heavy atom. The zero-order chi connectivity index (χ0) is 13.1. The first-order valence-electron chi connectivity index (χ1n) is 5.70. The molecule has 0 aliphatic carbocycles. The fourth-order valence-corrected chi connectivity index (χ4v) is 1.96. The molecule has 1 fully saturated rings. The number of morpholine rings is 1. The maximum absolute atomic E-state index is 12.2. The van der Waals surface area contributed by atoms with Crippen LogP contribution in [0, 0.1) is 6.92 Å². The number of amides is 1. The van der Waals surface area contributed by atoms with Crippen molar-refractivity contribution in [3.8, 4) is 0 Å². The third-order valence-corrected chi connectivity index (χ3v) is 2.89. The summed E-state index contributed by atoms with van der Waals surface area (Å²) in [5.74, 6) is -1.06. The van der Waals surface area contributed by atoms with Crippen molar-refractivity contribution in [1.82, 2.24) is 15.1 Å². The summed E-state index contributed by atoms with van der Waals surface area (Å²) in [5, 5.41) is 15.2. The van der Waals surface area contributed by atoms with Gasteiger partial charge in [-0.1, -0.05) is 0 Å². The number of aromatic amines is 1. The van der Waals surface area contributed by atoms with Gasteiger partial charge in [0.05, 0.1) is 30.9 Å². The zero-order valence-corrected chi connectivity index (χ0v) is 10.0. The van der Waals surface area contributed by atoms with Gasteiger partial charge in [0.25, 0.3) is 5.91 Å². The third-order valence-electron chi connectivity index (χ3n) is 2.89. The van der Waals surface area contributed by atoms with E-state index in [1.165, 1.54) is 6.20 Å². The van der Waals surface area contributed by atoms with E-state index in [1.54, 1.807) is 11.8 Å². The number of carboxylic acid groups (broad SMARTS) is 1. The first-order chi connectivity index (χ1) is 8.58. The summed E-state index contributed by atoms with van der Waals surface area (Å²) < 4.78 is 5.32. The maximum atomic E-state index is 12.2. The van der Waals surface area contributed by atoms with Gasteiger partial charge in [-0.3, -0.25) is 14.7 Å². The molecule has 0 radical (unpaired) electrons. The highest BCUT2D eigenvalue weighted by Crippen LogP contribution is 2.13. The van der Waals surface area contributed by atoms with E-state index in [4.69, 9.17) is 9.84 Å². The number of ether oxygens (including phenoxy) is 1. The van der Waals surface area contributed by atoms with Crippen LogP contribution in [0.15, 0.2) is 6.20 Å². The Morgan fingerprint density at radius 1 is 1.67 bits per heavy atom. The molecule has 0 spiro atoms. The number of carbonyl (C=O) groups excluding carboxylic acids is 1. The molecule has 1 amide bonds. The molecule has 1 aromatic heterocycles. The van der Waals surface area contributed by atoms with Crippen LogP contribution in [0.2, 0.25) is 0 Å². The standard InChI is InChI=1S/C11H15N3O4/c1-7-9(5-12-13-7)11(17)14-2-3-18-8(6-14)4-10(15)16/h5,8H,2-4,6H2,1H3,(H,12,13)(H,15,16). The summed E-state index contributed by atoms with van der Waals surface area (Å²) in [6, 6.07) is 0. The van der Waals surface area contributed by atoms with Gasteiger partial charge in [0.2, 0.25) is 0 Å². The van der Waals surface area contributed by atoms with E-state index in [1.807, 2.05) is 0 Å². The van der Waals surface area contributed by atoms with Crippen LogP contribution in [0.4, 0.5) is 0 Å². The lowest BCUT2D eigenvalue weighted by atomic mass is 10.1. The van der Waals surface area contributed by atoms with Crippen molar-refractivity contribution in [2.24, 2.45) is 0 Å². The number of nitrogens with zero attached hydrogens (tertiary/aromatic N) is 2. The second-order valence-corrected chi connectivity index (χ2v) is 4.25. The summed E-state index contributed by atoms with van der Waals surface area (Å²) in [6.07, 6.45) is 0.959. The molecule has 1 saturated heterocycles. The van der Waals surface area contributed by atoms with Crippen LogP contribution in [-0.2, 0) is 9.53 Å². The fourth-order valence-electron chi connectivity index (χ4n) is 1.96. The Labute approximate surface area is 104 Å². The normalized spacial score (nSPS) is 19.8. The summed E-state index contributed by atoms with van der Waals surface area (Å²) in [4.78, 5) is 24.4. The second kappa shape index (κ2) is 5.18. The summed E-state index contributed by atoms with van der Waals surface area (Å²) >= 11 is 0. The molecule has 1 aliphatic heterocycles. The molecule has 18 heavy (non-hydrogen) atoms. The van der Waals surface area contributed by atoms with E-state index < -0.39 is 12.1 Å². The van der Waals surface area contributed by atoms with Gasteiger partial charge in [-0.15, -0.1) is 0 Å². The number of carbonyl (C=O) groups is 2. The maximum Gasteiger partial charge on any atom is 0.306 e. The lowest BCUT2D eigenvalue weighted by Crippen LogP contribution is -2.46. The van der Waals surface area contributed by atoms with Crippen LogP contribution in [0.25, 0.3) is 0 Å². The highest BCUT2D eigenvalue weighted by Gasteiger charge is 2.27. The molecule has 1 unspecified atom stereocenters. The largest absolute Gasteiger partial charge is 0.481 e. The van der Waals surface area contributed by atoms with Crippen molar-refractivity contribution in [2.75, 3.05) is 19.7 Å². The van der Waals surface area contributed by atoms with Crippen LogP contribution in [0.1, 0.15) is 22.5 Å². The SMILES string of the molecule is Cc1[nH]ncc1C(=O)N1CCOC(CC(=O)O)C1. The Hall–Kier alpha value is -1.89. The average Bonchev–Trinajstić information content (AvgIpc) is 2.74. The number of hydrogen-bond acceptors (Lipinski definition) is 4. The molecule has 2 heterocycles. The van der Waals surface area contributed by atoms with Crippen LogP contribution in [0.5, 0.6) is 0 Å². The Morgan fingerprint density at radius 2 is 2.44 bits per heavy atom.